The first kappa shape index (κ1) is 8.21. The lowest BCUT2D eigenvalue weighted by molar-refractivity contribution is 0.612. The normalized spacial score (nSPS) is 19.6. The van der Waals surface area contributed by atoms with Gasteiger partial charge in [0.1, 0.15) is 5.82 Å². The van der Waals surface area contributed by atoms with Crippen molar-refractivity contribution < 1.29 is 4.39 Å². The van der Waals surface area contributed by atoms with Crippen molar-refractivity contribution in [3.05, 3.63) is 34.6 Å². The Balaban J connectivity index is 2.68. The maximum atomic E-state index is 13.2. The number of hydrogen-bond donors (Lipinski definition) is 1. The highest BCUT2D eigenvalue weighted by Crippen LogP contribution is 2.33. The van der Waals surface area contributed by atoms with Crippen molar-refractivity contribution in [2.24, 2.45) is 5.73 Å². The van der Waals surface area contributed by atoms with Crippen LogP contribution in [0.1, 0.15) is 29.2 Å². The van der Waals surface area contributed by atoms with Crippen molar-refractivity contribution in [3.8, 4) is 6.07 Å². The Labute approximate surface area is 75.8 Å². The van der Waals surface area contributed by atoms with Gasteiger partial charge in [-0.3, -0.25) is 0 Å². The summed E-state index contributed by atoms with van der Waals surface area (Å²) in [4.78, 5) is 0. The van der Waals surface area contributed by atoms with Gasteiger partial charge in [-0.15, -0.1) is 0 Å². The first-order valence-corrected chi connectivity index (χ1v) is 4.21. The average molecular weight is 176 g/mol. The van der Waals surface area contributed by atoms with Crippen LogP contribution in [0, 0.1) is 17.1 Å². The summed E-state index contributed by atoms with van der Waals surface area (Å²) in [6.07, 6.45) is 1.39. The molecule has 1 atom stereocenters. The van der Waals surface area contributed by atoms with Crippen molar-refractivity contribution in [3.63, 3.8) is 0 Å². The largest absolute Gasteiger partial charge is 0.324 e. The number of nitrogens with zero attached hydrogens (tertiary/aromatic N) is 1. The molecule has 1 aromatic carbocycles. The highest BCUT2D eigenvalue weighted by atomic mass is 19.1. The van der Waals surface area contributed by atoms with Crippen LogP contribution in [0.5, 0.6) is 0 Å². The van der Waals surface area contributed by atoms with Gasteiger partial charge >= 0.3 is 0 Å². The van der Waals surface area contributed by atoms with Gasteiger partial charge in [0, 0.05) is 6.04 Å². The fourth-order valence-electron chi connectivity index (χ4n) is 1.86. The van der Waals surface area contributed by atoms with Gasteiger partial charge in [0.25, 0.3) is 0 Å². The van der Waals surface area contributed by atoms with Gasteiger partial charge in [-0.05, 0) is 36.1 Å². The minimum atomic E-state index is -0.234. The summed E-state index contributed by atoms with van der Waals surface area (Å²) < 4.78 is 13.2. The van der Waals surface area contributed by atoms with Crippen LogP contribution in [0.4, 0.5) is 4.39 Å². The topological polar surface area (TPSA) is 49.8 Å². The van der Waals surface area contributed by atoms with Gasteiger partial charge in [0.05, 0.1) is 11.6 Å². The second-order valence-corrected chi connectivity index (χ2v) is 3.24. The lowest BCUT2D eigenvalue weighted by atomic mass is 10.0. The van der Waals surface area contributed by atoms with Crippen molar-refractivity contribution in [2.75, 3.05) is 0 Å². The van der Waals surface area contributed by atoms with Gasteiger partial charge in [-0.2, -0.15) is 5.26 Å². The molecule has 0 heterocycles. The fourth-order valence-corrected chi connectivity index (χ4v) is 1.86. The number of fused-ring (bicyclic) bond motifs is 1. The van der Waals surface area contributed by atoms with Crippen LogP contribution in [0.15, 0.2) is 12.1 Å². The molecule has 0 bridgehead atoms. The molecule has 3 heteroatoms. The number of hydrogen-bond acceptors (Lipinski definition) is 2. The van der Waals surface area contributed by atoms with E-state index < -0.39 is 0 Å². The molecule has 1 aromatic rings. The molecule has 1 aliphatic carbocycles. The van der Waals surface area contributed by atoms with E-state index in [-0.39, 0.29) is 11.9 Å². The molecule has 2 rings (SSSR count). The molecular weight excluding hydrogens is 167 g/mol. The average Bonchev–Trinajstić information content (AvgIpc) is 2.51. The smallest absolute Gasteiger partial charge is 0.126 e. The summed E-state index contributed by atoms with van der Waals surface area (Å²) >= 11 is 0. The van der Waals surface area contributed by atoms with Crippen molar-refractivity contribution in [2.45, 2.75) is 18.9 Å². The van der Waals surface area contributed by atoms with Crippen molar-refractivity contribution in [1.29, 1.82) is 5.26 Å². The van der Waals surface area contributed by atoms with Gasteiger partial charge in [-0.1, -0.05) is 0 Å². The molecule has 2 N–H and O–H groups in total. The fraction of sp³-hybridized carbons (Fsp3) is 0.300. The Bertz CT molecular complexity index is 393. The van der Waals surface area contributed by atoms with Crippen LogP contribution >= 0.6 is 0 Å². The quantitative estimate of drug-likeness (QED) is 0.653. The monoisotopic (exact) mass is 176 g/mol. The molecule has 0 fully saturated rings. The van der Waals surface area contributed by atoms with Crippen LogP contribution in [0.25, 0.3) is 0 Å². The van der Waals surface area contributed by atoms with Gasteiger partial charge in [0.15, 0.2) is 0 Å². The molecule has 0 spiro atoms. The maximum Gasteiger partial charge on any atom is 0.126 e. The molecule has 0 unspecified atom stereocenters. The van der Waals surface area contributed by atoms with Crippen LogP contribution in [-0.4, -0.2) is 0 Å². The van der Waals surface area contributed by atoms with E-state index in [0.29, 0.717) is 23.1 Å². The van der Waals surface area contributed by atoms with Gasteiger partial charge < -0.3 is 5.73 Å². The van der Waals surface area contributed by atoms with Crippen LogP contribution < -0.4 is 5.73 Å². The number of halogens is 1. The molecule has 66 valence electrons. The van der Waals surface area contributed by atoms with E-state index in [1.165, 1.54) is 12.1 Å². The predicted molar refractivity (Wildman–Crippen MR) is 46.4 cm³/mol. The lowest BCUT2D eigenvalue weighted by Gasteiger charge is -2.06. The second-order valence-electron chi connectivity index (χ2n) is 3.24. The summed E-state index contributed by atoms with van der Waals surface area (Å²) in [5, 5.41) is 8.78. The number of nitrogens with two attached hydrogens (primary N) is 1. The molecule has 2 nitrogen and oxygen atoms in total. The van der Waals surface area contributed by atoms with Crippen molar-refractivity contribution in [1.82, 2.24) is 0 Å². The van der Waals surface area contributed by atoms with E-state index in [4.69, 9.17) is 11.0 Å². The summed E-state index contributed by atoms with van der Waals surface area (Å²) in [6.45, 7) is 0. The molecule has 1 aliphatic rings. The Morgan fingerprint density at radius 3 is 3.00 bits per heavy atom. The maximum absolute atomic E-state index is 13.2. The first-order chi connectivity index (χ1) is 6.24. The zero-order chi connectivity index (χ0) is 9.42. The third-order valence-corrected chi connectivity index (χ3v) is 2.50. The van der Waals surface area contributed by atoms with Crippen LogP contribution in [0.3, 0.4) is 0 Å². The molecule has 0 amide bonds. The molecule has 13 heavy (non-hydrogen) atoms. The number of nitriles is 1. The SMILES string of the molecule is N#Cc1ccc(F)c2c1[C@H](N)CC2. The minimum absolute atomic E-state index is 0.166. The molecule has 0 saturated heterocycles. The minimum Gasteiger partial charge on any atom is -0.324 e. The van der Waals surface area contributed by atoms with E-state index in [2.05, 4.69) is 0 Å². The molecule has 0 aromatic heterocycles. The zero-order valence-corrected chi connectivity index (χ0v) is 7.05. The van der Waals surface area contributed by atoms with Gasteiger partial charge in [0.2, 0.25) is 0 Å². The van der Waals surface area contributed by atoms with Crippen molar-refractivity contribution >= 4 is 0 Å². The molecule has 0 saturated carbocycles. The highest BCUT2D eigenvalue weighted by Gasteiger charge is 2.25. The van der Waals surface area contributed by atoms with E-state index >= 15 is 0 Å². The first-order valence-electron chi connectivity index (χ1n) is 4.21. The summed E-state index contributed by atoms with van der Waals surface area (Å²) in [5.74, 6) is -0.234. The Kier molecular flexibility index (Phi) is 1.78. The van der Waals surface area contributed by atoms with Crippen LogP contribution in [0.2, 0.25) is 0 Å². The third kappa shape index (κ3) is 1.11. The standard InChI is InChI=1S/C10H9FN2/c11-8-3-1-6(5-12)10-7(8)2-4-9(10)13/h1,3,9H,2,4,13H2/t9-/m1/s1. The zero-order valence-electron chi connectivity index (χ0n) is 7.05. The predicted octanol–water partition coefficient (Wildman–Crippen LogP) is 1.64. The van der Waals surface area contributed by atoms with Gasteiger partial charge in [-0.25, -0.2) is 4.39 Å². The lowest BCUT2D eigenvalue weighted by Crippen LogP contribution is -2.07. The summed E-state index contributed by atoms with van der Waals surface area (Å²) in [5.41, 5.74) is 7.63. The molecule has 0 aliphatic heterocycles. The molecule has 0 radical (unpaired) electrons. The van der Waals surface area contributed by atoms with E-state index in [1.807, 2.05) is 6.07 Å². The second kappa shape index (κ2) is 2.82. The number of rotatable bonds is 0. The van der Waals surface area contributed by atoms with E-state index in [9.17, 15) is 4.39 Å². The van der Waals surface area contributed by atoms with E-state index in [1.54, 1.807) is 0 Å². The number of benzene rings is 1. The Morgan fingerprint density at radius 2 is 2.31 bits per heavy atom. The Hall–Kier alpha value is -1.40. The van der Waals surface area contributed by atoms with E-state index in [0.717, 1.165) is 6.42 Å². The highest BCUT2D eigenvalue weighted by molar-refractivity contribution is 5.47. The Morgan fingerprint density at radius 1 is 1.54 bits per heavy atom. The third-order valence-electron chi connectivity index (χ3n) is 2.50. The molecular formula is C10H9FN2. The van der Waals surface area contributed by atoms with Crippen LogP contribution in [-0.2, 0) is 6.42 Å². The summed E-state index contributed by atoms with van der Waals surface area (Å²) in [6, 6.07) is 4.71. The summed E-state index contributed by atoms with van der Waals surface area (Å²) in [7, 11) is 0.